The smallest absolute Gasteiger partial charge is 0.254 e. The third-order valence-electron chi connectivity index (χ3n) is 4.47. The van der Waals surface area contributed by atoms with Crippen molar-refractivity contribution >= 4 is 29.1 Å². The lowest BCUT2D eigenvalue weighted by Crippen LogP contribution is -2.57. The number of ether oxygens (including phenoxy) is 1. The van der Waals surface area contributed by atoms with Crippen LogP contribution in [0.4, 0.5) is 5.69 Å². The standard InChI is InChI=1S/C20H21ClN2O3/c1-3-26-18-10-8-17(9-11-18)23-13-12-22(14(2)19(23)24)20(25)15-4-6-16(21)7-5-15/h4-11,14H,3,12-13H2,1-2H3/t14-/m1/s1. The zero-order valence-electron chi connectivity index (χ0n) is 14.8. The Labute approximate surface area is 158 Å². The van der Waals surface area contributed by atoms with Gasteiger partial charge in [-0.15, -0.1) is 0 Å². The first-order valence-corrected chi connectivity index (χ1v) is 9.00. The SMILES string of the molecule is CCOc1ccc(N2CCN(C(=O)c3ccc(Cl)cc3)[C@H](C)C2=O)cc1. The van der Waals surface area contributed by atoms with Crippen molar-refractivity contribution < 1.29 is 14.3 Å². The Balaban J connectivity index is 1.73. The quantitative estimate of drug-likeness (QED) is 0.823. The van der Waals surface area contributed by atoms with Gasteiger partial charge in [0.1, 0.15) is 11.8 Å². The molecule has 0 spiro atoms. The molecule has 0 aromatic heterocycles. The molecule has 2 aromatic rings. The maximum absolute atomic E-state index is 12.8. The Hall–Kier alpha value is -2.53. The van der Waals surface area contributed by atoms with Crippen LogP contribution in [0, 0.1) is 0 Å². The molecule has 0 N–H and O–H groups in total. The van der Waals surface area contributed by atoms with Crippen LogP contribution in [0.15, 0.2) is 48.5 Å². The number of carbonyl (C=O) groups excluding carboxylic acids is 2. The minimum absolute atomic E-state index is 0.0947. The Morgan fingerprint density at radius 2 is 1.77 bits per heavy atom. The van der Waals surface area contributed by atoms with Gasteiger partial charge in [0, 0.05) is 29.4 Å². The number of carbonyl (C=O) groups is 2. The summed E-state index contributed by atoms with van der Waals surface area (Å²) in [5.74, 6) is 0.518. The molecule has 0 bridgehead atoms. The summed E-state index contributed by atoms with van der Waals surface area (Å²) in [6.07, 6.45) is 0. The minimum atomic E-state index is -0.529. The summed E-state index contributed by atoms with van der Waals surface area (Å²) in [5, 5.41) is 0.575. The highest BCUT2D eigenvalue weighted by Crippen LogP contribution is 2.24. The van der Waals surface area contributed by atoms with E-state index in [0.29, 0.717) is 30.3 Å². The lowest BCUT2D eigenvalue weighted by atomic mass is 10.1. The van der Waals surface area contributed by atoms with E-state index in [1.807, 2.05) is 31.2 Å². The molecule has 1 atom stereocenters. The van der Waals surface area contributed by atoms with Crippen molar-refractivity contribution in [3.8, 4) is 5.75 Å². The fraction of sp³-hybridized carbons (Fsp3) is 0.300. The van der Waals surface area contributed by atoms with Crippen LogP contribution in [-0.4, -0.2) is 42.5 Å². The molecule has 0 saturated carbocycles. The van der Waals surface area contributed by atoms with Crippen LogP contribution < -0.4 is 9.64 Å². The molecule has 1 heterocycles. The van der Waals surface area contributed by atoms with Crippen molar-refractivity contribution in [2.45, 2.75) is 19.9 Å². The summed E-state index contributed by atoms with van der Waals surface area (Å²) in [6.45, 7) is 5.21. The first-order chi connectivity index (χ1) is 12.5. The summed E-state index contributed by atoms with van der Waals surface area (Å²) in [6, 6.07) is 13.6. The average Bonchev–Trinajstić information content (AvgIpc) is 2.65. The summed E-state index contributed by atoms with van der Waals surface area (Å²) < 4.78 is 5.44. The number of hydrogen-bond donors (Lipinski definition) is 0. The molecule has 3 rings (SSSR count). The first kappa shape index (κ1) is 18.3. The fourth-order valence-corrected chi connectivity index (χ4v) is 3.18. The Kier molecular flexibility index (Phi) is 5.47. The third-order valence-corrected chi connectivity index (χ3v) is 4.72. The third kappa shape index (κ3) is 3.68. The van der Waals surface area contributed by atoms with Crippen LogP contribution in [0.5, 0.6) is 5.75 Å². The zero-order chi connectivity index (χ0) is 18.7. The largest absolute Gasteiger partial charge is 0.494 e. The molecule has 1 fully saturated rings. The van der Waals surface area contributed by atoms with Gasteiger partial charge < -0.3 is 14.5 Å². The molecule has 1 aliphatic heterocycles. The summed E-state index contributed by atoms with van der Waals surface area (Å²) >= 11 is 5.88. The molecule has 2 amide bonds. The summed E-state index contributed by atoms with van der Waals surface area (Å²) in [7, 11) is 0. The number of rotatable bonds is 4. The van der Waals surface area contributed by atoms with Crippen molar-refractivity contribution in [2.75, 3.05) is 24.6 Å². The van der Waals surface area contributed by atoms with E-state index < -0.39 is 6.04 Å². The molecule has 1 saturated heterocycles. The van der Waals surface area contributed by atoms with Gasteiger partial charge in [-0.2, -0.15) is 0 Å². The fourth-order valence-electron chi connectivity index (χ4n) is 3.05. The van der Waals surface area contributed by atoms with Crippen molar-refractivity contribution in [3.63, 3.8) is 0 Å². The predicted molar refractivity (Wildman–Crippen MR) is 102 cm³/mol. The molecule has 6 heteroatoms. The number of hydrogen-bond acceptors (Lipinski definition) is 3. The number of piperazine rings is 1. The van der Waals surface area contributed by atoms with Crippen LogP contribution in [0.25, 0.3) is 0 Å². The van der Waals surface area contributed by atoms with Gasteiger partial charge in [-0.05, 0) is 62.4 Å². The Morgan fingerprint density at radius 3 is 2.38 bits per heavy atom. The highest BCUT2D eigenvalue weighted by atomic mass is 35.5. The van der Waals surface area contributed by atoms with E-state index in [1.54, 1.807) is 41.0 Å². The minimum Gasteiger partial charge on any atom is -0.494 e. The second-order valence-electron chi connectivity index (χ2n) is 6.10. The van der Waals surface area contributed by atoms with Crippen molar-refractivity contribution in [1.29, 1.82) is 0 Å². The topological polar surface area (TPSA) is 49.9 Å². The molecule has 2 aromatic carbocycles. The van der Waals surface area contributed by atoms with Gasteiger partial charge in [-0.3, -0.25) is 9.59 Å². The van der Waals surface area contributed by atoms with Gasteiger partial charge in [0.2, 0.25) is 5.91 Å². The van der Waals surface area contributed by atoms with Gasteiger partial charge in [-0.25, -0.2) is 0 Å². The maximum atomic E-state index is 12.8. The number of amides is 2. The average molecular weight is 373 g/mol. The summed E-state index contributed by atoms with van der Waals surface area (Å²) in [5.41, 5.74) is 1.34. The van der Waals surface area contributed by atoms with Crippen LogP contribution in [0.1, 0.15) is 24.2 Å². The summed E-state index contributed by atoms with van der Waals surface area (Å²) in [4.78, 5) is 28.9. The monoisotopic (exact) mass is 372 g/mol. The highest BCUT2D eigenvalue weighted by Gasteiger charge is 2.35. The van der Waals surface area contributed by atoms with E-state index >= 15 is 0 Å². The number of halogens is 1. The van der Waals surface area contributed by atoms with Gasteiger partial charge in [-0.1, -0.05) is 11.6 Å². The van der Waals surface area contributed by atoms with Crippen molar-refractivity contribution in [3.05, 3.63) is 59.1 Å². The number of nitrogens with zero attached hydrogens (tertiary/aromatic N) is 2. The Morgan fingerprint density at radius 1 is 1.12 bits per heavy atom. The molecule has 5 nitrogen and oxygen atoms in total. The van der Waals surface area contributed by atoms with E-state index in [0.717, 1.165) is 11.4 Å². The van der Waals surface area contributed by atoms with Crippen LogP contribution in [0.2, 0.25) is 5.02 Å². The molecule has 0 aliphatic carbocycles. The molecule has 136 valence electrons. The predicted octanol–water partition coefficient (Wildman–Crippen LogP) is 3.62. The van der Waals surface area contributed by atoms with E-state index in [-0.39, 0.29) is 11.8 Å². The normalized spacial score (nSPS) is 17.3. The second-order valence-corrected chi connectivity index (χ2v) is 6.53. The molecule has 0 radical (unpaired) electrons. The van der Waals surface area contributed by atoms with Gasteiger partial charge in [0.25, 0.3) is 5.91 Å². The molecule has 1 aliphatic rings. The number of benzene rings is 2. The van der Waals surface area contributed by atoms with Gasteiger partial charge in [0.15, 0.2) is 0 Å². The van der Waals surface area contributed by atoms with Crippen LogP contribution in [0.3, 0.4) is 0 Å². The first-order valence-electron chi connectivity index (χ1n) is 8.62. The van der Waals surface area contributed by atoms with Crippen molar-refractivity contribution in [1.82, 2.24) is 4.90 Å². The molecular formula is C20H21ClN2O3. The molecule has 26 heavy (non-hydrogen) atoms. The van der Waals surface area contributed by atoms with E-state index in [9.17, 15) is 9.59 Å². The van der Waals surface area contributed by atoms with Crippen LogP contribution >= 0.6 is 11.6 Å². The highest BCUT2D eigenvalue weighted by molar-refractivity contribution is 6.30. The Bertz CT molecular complexity index is 790. The van der Waals surface area contributed by atoms with Gasteiger partial charge in [0.05, 0.1) is 6.61 Å². The number of anilines is 1. The molecular weight excluding hydrogens is 352 g/mol. The molecule has 0 unspecified atom stereocenters. The maximum Gasteiger partial charge on any atom is 0.254 e. The van der Waals surface area contributed by atoms with E-state index in [1.165, 1.54) is 0 Å². The second kappa shape index (κ2) is 7.79. The van der Waals surface area contributed by atoms with Crippen molar-refractivity contribution in [2.24, 2.45) is 0 Å². The van der Waals surface area contributed by atoms with E-state index in [4.69, 9.17) is 16.3 Å². The lowest BCUT2D eigenvalue weighted by molar-refractivity contribution is -0.124. The van der Waals surface area contributed by atoms with Crippen LogP contribution in [-0.2, 0) is 4.79 Å². The van der Waals surface area contributed by atoms with E-state index in [2.05, 4.69) is 0 Å². The lowest BCUT2D eigenvalue weighted by Gasteiger charge is -2.39. The van der Waals surface area contributed by atoms with Gasteiger partial charge >= 0.3 is 0 Å². The zero-order valence-corrected chi connectivity index (χ0v) is 15.6.